The predicted octanol–water partition coefficient (Wildman–Crippen LogP) is 1.78. The second-order valence-electron chi connectivity index (χ2n) is 7.55. The standard InChI is InChI=1S/C21H24N6O3S/c28-18-12-15(23-20(30)24-18)11-17-25-26-21(27(17)16-9-5-2-6-10-16)31-13-19(29)22-14-7-3-1-4-8-14/h2,5-6,9-10,12,14H,1,3-4,7-8,11,13H2,(H,22,29)(H2,23,24,28,30). The van der Waals surface area contributed by atoms with Gasteiger partial charge in [-0.3, -0.25) is 19.1 Å². The van der Waals surface area contributed by atoms with E-state index in [4.69, 9.17) is 0 Å². The van der Waals surface area contributed by atoms with Crippen LogP contribution < -0.4 is 16.6 Å². The van der Waals surface area contributed by atoms with E-state index in [9.17, 15) is 14.4 Å². The van der Waals surface area contributed by atoms with Crippen molar-refractivity contribution in [2.75, 3.05) is 5.75 Å². The van der Waals surface area contributed by atoms with Crippen LogP contribution in [0.15, 0.2) is 51.1 Å². The molecule has 3 N–H and O–H groups in total. The molecule has 162 valence electrons. The van der Waals surface area contributed by atoms with Gasteiger partial charge in [-0.15, -0.1) is 10.2 Å². The van der Waals surface area contributed by atoms with Crippen LogP contribution in [0.2, 0.25) is 0 Å². The maximum Gasteiger partial charge on any atom is 0.325 e. The molecule has 9 nitrogen and oxygen atoms in total. The lowest BCUT2D eigenvalue weighted by Gasteiger charge is -2.22. The van der Waals surface area contributed by atoms with Gasteiger partial charge in [0.25, 0.3) is 5.56 Å². The van der Waals surface area contributed by atoms with Crippen molar-refractivity contribution in [2.24, 2.45) is 0 Å². The van der Waals surface area contributed by atoms with Gasteiger partial charge in [0.1, 0.15) is 5.82 Å². The number of aromatic amines is 2. The van der Waals surface area contributed by atoms with Crippen molar-refractivity contribution in [3.05, 3.63) is 68.8 Å². The second-order valence-corrected chi connectivity index (χ2v) is 8.49. The first-order chi connectivity index (χ1) is 15.1. The Morgan fingerprint density at radius 3 is 2.61 bits per heavy atom. The summed E-state index contributed by atoms with van der Waals surface area (Å²) >= 11 is 1.31. The molecule has 1 aromatic carbocycles. The van der Waals surface area contributed by atoms with Crippen molar-refractivity contribution in [1.29, 1.82) is 0 Å². The van der Waals surface area contributed by atoms with Crippen LogP contribution in [0.4, 0.5) is 0 Å². The largest absolute Gasteiger partial charge is 0.353 e. The summed E-state index contributed by atoms with van der Waals surface area (Å²) in [5, 5.41) is 12.2. The Labute approximate surface area is 182 Å². The van der Waals surface area contributed by atoms with Crippen LogP contribution in [0, 0.1) is 0 Å². The number of nitrogens with zero attached hydrogens (tertiary/aromatic N) is 3. The Bertz CT molecular complexity index is 1120. The molecule has 0 bridgehead atoms. The van der Waals surface area contributed by atoms with Gasteiger partial charge >= 0.3 is 5.69 Å². The van der Waals surface area contributed by atoms with Crippen molar-refractivity contribution in [2.45, 2.75) is 49.7 Å². The average molecular weight is 441 g/mol. The summed E-state index contributed by atoms with van der Waals surface area (Å²) in [5.41, 5.74) is 0.232. The van der Waals surface area contributed by atoms with Crippen molar-refractivity contribution < 1.29 is 4.79 Å². The molecule has 2 heterocycles. The average Bonchev–Trinajstić information content (AvgIpc) is 3.15. The third-order valence-corrected chi connectivity index (χ3v) is 6.11. The molecule has 10 heteroatoms. The number of thioether (sulfide) groups is 1. The molecule has 1 fully saturated rings. The quantitative estimate of drug-likeness (QED) is 0.481. The Balaban J connectivity index is 1.54. The number of carbonyl (C=O) groups is 1. The van der Waals surface area contributed by atoms with Crippen LogP contribution in [0.5, 0.6) is 0 Å². The Hall–Kier alpha value is -3.14. The first-order valence-electron chi connectivity index (χ1n) is 10.3. The van der Waals surface area contributed by atoms with Crippen molar-refractivity contribution in [3.8, 4) is 5.69 Å². The first-order valence-corrected chi connectivity index (χ1v) is 11.3. The lowest BCUT2D eigenvalue weighted by molar-refractivity contribution is -0.119. The topological polar surface area (TPSA) is 126 Å². The maximum absolute atomic E-state index is 12.4. The van der Waals surface area contributed by atoms with Gasteiger partial charge in [-0.2, -0.15) is 0 Å². The summed E-state index contributed by atoms with van der Waals surface area (Å²) in [4.78, 5) is 40.4. The highest BCUT2D eigenvalue weighted by molar-refractivity contribution is 7.99. The van der Waals surface area contributed by atoms with Crippen molar-refractivity contribution >= 4 is 17.7 Å². The molecule has 1 amide bonds. The first kappa shape index (κ1) is 21.1. The molecule has 2 aromatic heterocycles. The van der Waals surface area contributed by atoms with E-state index < -0.39 is 11.2 Å². The van der Waals surface area contributed by atoms with Gasteiger partial charge in [-0.1, -0.05) is 49.2 Å². The predicted molar refractivity (Wildman–Crippen MR) is 118 cm³/mol. The number of rotatable bonds is 7. The number of nitrogens with one attached hydrogen (secondary N) is 3. The third-order valence-electron chi connectivity index (χ3n) is 5.18. The van der Waals surface area contributed by atoms with Crippen LogP contribution in [-0.4, -0.2) is 42.4 Å². The molecule has 0 radical (unpaired) electrons. The van der Waals surface area contributed by atoms with Crippen LogP contribution in [0.25, 0.3) is 5.69 Å². The summed E-state index contributed by atoms with van der Waals surface area (Å²) in [5.74, 6) is 0.783. The molecule has 1 aliphatic rings. The van der Waals surface area contributed by atoms with E-state index >= 15 is 0 Å². The molecule has 0 aliphatic heterocycles. The van der Waals surface area contributed by atoms with Gasteiger partial charge in [-0.05, 0) is 25.0 Å². The summed E-state index contributed by atoms with van der Waals surface area (Å²) in [6.07, 6.45) is 5.85. The zero-order valence-corrected chi connectivity index (χ0v) is 17.8. The molecule has 0 saturated heterocycles. The van der Waals surface area contributed by atoms with Gasteiger partial charge in [-0.25, -0.2) is 4.79 Å². The van der Waals surface area contributed by atoms with E-state index in [-0.39, 0.29) is 24.1 Å². The zero-order chi connectivity index (χ0) is 21.6. The van der Waals surface area contributed by atoms with E-state index in [1.807, 2.05) is 34.9 Å². The number of hydrogen-bond acceptors (Lipinski definition) is 6. The maximum atomic E-state index is 12.4. The minimum atomic E-state index is -0.567. The summed E-state index contributed by atoms with van der Waals surface area (Å²) in [6, 6.07) is 11.1. The fourth-order valence-corrected chi connectivity index (χ4v) is 4.56. The summed E-state index contributed by atoms with van der Waals surface area (Å²) in [7, 11) is 0. The number of para-hydroxylation sites is 1. The van der Waals surface area contributed by atoms with Crippen LogP contribution in [0.3, 0.4) is 0 Å². The van der Waals surface area contributed by atoms with E-state index in [0.717, 1.165) is 31.4 Å². The molecule has 1 aliphatic carbocycles. The van der Waals surface area contributed by atoms with Gasteiger partial charge in [0.15, 0.2) is 5.16 Å². The van der Waals surface area contributed by atoms with E-state index in [0.29, 0.717) is 16.7 Å². The molecule has 1 saturated carbocycles. The highest BCUT2D eigenvalue weighted by Gasteiger charge is 2.19. The normalized spacial score (nSPS) is 14.5. The highest BCUT2D eigenvalue weighted by Crippen LogP contribution is 2.23. The lowest BCUT2D eigenvalue weighted by Crippen LogP contribution is -2.37. The van der Waals surface area contributed by atoms with E-state index in [1.165, 1.54) is 24.2 Å². The molecular formula is C21H24N6O3S. The number of carbonyl (C=O) groups excluding carboxylic acids is 1. The molecular weight excluding hydrogens is 416 g/mol. The Morgan fingerprint density at radius 2 is 1.87 bits per heavy atom. The lowest BCUT2D eigenvalue weighted by atomic mass is 9.95. The van der Waals surface area contributed by atoms with Crippen molar-refractivity contribution in [3.63, 3.8) is 0 Å². The minimum Gasteiger partial charge on any atom is -0.353 e. The number of H-pyrrole nitrogens is 2. The van der Waals surface area contributed by atoms with Gasteiger partial charge in [0.2, 0.25) is 5.91 Å². The number of hydrogen-bond donors (Lipinski definition) is 3. The SMILES string of the molecule is O=C(CSc1nnc(Cc2cc(=O)[nH]c(=O)[nH]2)n1-c1ccccc1)NC1CCCCC1. The van der Waals surface area contributed by atoms with Crippen LogP contribution in [-0.2, 0) is 11.2 Å². The molecule has 3 aromatic rings. The molecule has 0 atom stereocenters. The highest BCUT2D eigenvalue weighted by atomic mass is 32.2. The number of aromatic nitrogens is 5. The fraction of sp³-hybridized carbons (Fsp3) is 0.381. The molecule has 31 heavy (non-hydrogen) atoms. The molecule has 0 spiro atoms. The smallest absolute Gasteiger partial charge is 0.325 e. The van der Waals surface area contributed by atoms with E-state index in [1.54, 1.807) is 0 Å². The number of benzene rings is 1. The molecule has 0 unspecified atom stereocenters. The zero-order valence-electron chi connectivity index (χ0n) is 17.0. The van der Waals surface area contributed by atoms with Gasteiger partial charge in [0, 0.05) is 29.9 Å². The third kappa shape index (κ3) is 5.52. The Kier molecular flexibility index (Phi) is 6.66. The summed E-state index contributed by atoms with van der Waals surface area (Å²) in [6.45, 7) is 0. The number of amides is 1. The van der Waals surface area contributed by atoms with Gasteiger partial charge in [0.05, 0.1) is 5.75 Å². The minimum absolute atomic E-state index is 0.0139. The fourth-order valence-electron chi connectivity index (χ4n) is 3.78. The van der Waals surface area contributed by atoms with Crippen LogP contribution in [0.1, 0.15) is 43.6 Å². The van der Waals surface area contributed by atoms with Gasteiger partial charge < -0.3 is 10.3 Å². The van der Waals surface area contributed by atoms with Crippen LogP contribution >= 0.6 is 11.8 Å². The van der Waals surface area contributed by atoms with E-state index in [2.05, 4.69) is 25.5 Å². The summed E-state index contributed by atoms with van der Waals surface area (Å²) < 4.78 is 1.85. The monoisotopic (exact) mass is 440 g/mol. The van der Waals surface area contributed by atoms with Crippen molar-refractivity contribution in [1.82, 2.24) is 30.0 Å². The molecule has 4 rings (SSSR count). The Morgan fingerprint density at radius 1 is 1.10 bits per heavy atom. The second kappa shape index (κ2) is 9.78.